The van der Waals surface area contributed by atoms with Crippen molar-refractivity contribution in [2.75, 3.05) is 13.6 Å². The van der Waals surface area contributed by atoms with Crippen LogP contribution in [-0.2, 0) is 4.79 Å². The number of aromatic hydroxyl groups is 1. The fraction of sp³-hybridized carbons (Fsp3) is 0.300. The predicted molar refractivity (Wildman–Crippen MR) is 95.2 cm³/mol. The summed E-state index contributed by atoms with van der Waals surface area (Å²) in [4.78, 5) is 26.4. The Labute approximate surface area is 147 Å². The van der Waals surface area contributed by atoms with Crippen molar-refractivity contribution in [1.82, 2.24) is 10.2 Å². The molecule has 2 aromatic carbocycles. The third-order valence-electron chi connectivity index (χ3n) is 4.91. The number of phenols is 1. The summed E-state index contributed by atoms with van der Waals surface area (Å²) in [5.41, 5.74) is 2.08. The molecule has 5 nitrogen and oxygen atoms in total. The van der Waals surface area contributed by atoms with Crippen LogP contribution in [0.15, 0.2) is 48.5 Å². The maximum Gasteiger partial charge on any atom is 0.251 e. The second-order valence-corrected chi connectivity index (χ2v) is 6.48. The van der Waals surface area contributed by atoms with Crippen molar-refractivity contribution in [2.45, 2.75) is 19.4 Å². The van der Waals surface area contributed by atoms with Crippen LogP contribution in [0.4, 0.5) is 0 Å². The number of carbonyl (C=O) groups is 2. The molecule has 0 aromatic heterocycles. The van der Waals surface area contributed by atoms with Crippen molar-refractivity contribution >= 4 is 11.8 Å². The minimum atomic E-state index is -0.234. The second kappa shape index (κ2) is 6.97. The quantitative estimate of drug-likeness (QED) is 0.900. The highest BCUT2D eigenvalue weighted by molar-refractivity contribution is 5.96. The number of nitrogens with one attached hydrogen (secondary N) is 1. The van der Waals surface area contributed by atoms with Crippen molar-refractivity contribution in [2.24, 2.45) is 5.92 Å². The molecule has 3 rings (SSSR count). The van der Waals surface area contributed by atoms with Gasteiger partial charge in [0.1, 0.15) is 5.75 Å². The van der Waals surface area contributed by atoms with Crippen LogP contribution in [0.5, 0.6) is 5.75 Å². The lowest BCUT2D eigenvalue weighted by Gasteiger charge is -2.25. The summed E-state index contributed by atoms with van der Waals surface area (Å²) in [5, 5.41) is 12.7. The number of hydrogen-bond donors (Lipinski definition) is 2. The van der Waals surface area contributed by atoms with Gasteiger partial charge in [0.2, 0.25) is 5.91 Å². The van der Waals surface area contributed by atoms with Gasteiger partial charge in [-0.1, -0.05) is 36.4 Å². The molecule has 130 valence electrons. The number of nitrogens with zero attached hydrogens (tertiary/aromatic N) is 1. The first-order valence-electron chi connectivity index (χ1n) is 8.36. The molecule has 0 bridgehead atoms. The largest absolute Gasteiger partial charge is 0.508 e. The van der Waals surface area contributed by atoms with E-state index in [0.29, 0.717) is 24.1 Å². The van der Waals surface area contributed by atoms with Crippen LogP contribution < -0.4 is 5.32 Å². The Morgan fingerprint density at radius 1 is 1.20 bits per heavy atom. The van der Waals surface area contributed by atoms with E-state index in [0.717, 1.165) is 5.56 Å². The Morgan fingerprint density at radius 3 is 2.64 bits per heavy atom. The smallest absolute Gasteiger partial charge is 0.251 e. The molecule has 1 saturated heterocycles. The van der Waals surface area contributed by atoms with Gasteiger partial charge >= 0.3 is 0 Å². The van der Waals surface area contributed by atoms with Gasteiger partial charge < -0.3 is 15.3 Å². The molecule has 1 aliphatic heterocycles. The van der Waals surface area contributed by atoms with E-state index in [4.69, 9.17) is 0 Å². The molecule has 2 atom stereocenters. The zero-order chi connectivity index (χ0) is 18.0. The van der Waals surface area contributed by atoms with Crippen LogP contribution >= 0.6 is 0 Å². The molecule has 2 amide bonds. The topological polar surface area (TPSA) is 69.6 Å². The van der Waals surface area contributed by atoms with Gasteiger partial charge in [-0.3, -0.25) is 9.59 Å². The van der Waals surface area contributed by atoms with Crippen molar-refractivity contribution < 1.29 is 14.7 Å². The first kappa shape index (κ1) is 17.0. The third-order valence-corrected chi connectivity index (χ3v) is 4.91. The molecule has 25 heavy (non-hydrogen) atoms. The van der Waals surface area contributed by atoms with Gasteiger partial charge in [-0.2, -0.15) is 0 Å². The summed E-state index contributed by atoms with van der Waals surface area (Å²) in [7, 11) is 1.81. The second-order valence-electron chi connectivity index (χ2n) is 6.48. The van der Waals surface area contributed by atoms with Crippen LogP contribution in [0.3, 0.4) is 0 Å². The first-order chi connectivity index (χ1) is 12.0. The lowest BCUT2D eigenvalue weighted by atomic mass is 9.93. The Morgan fingerprint density at radius 2 is 1.92 bits per heavy atom. The van der Waals surface area contributed by atoms with Crippen molar-refractivity contribution in [3.8, 4) is 5.75 Å². The maximum absolute atomic E-state index is 12.5. The average molecular weight is 338 g/mol. The van der Waals surface area contributed by atoms with Crippen LogP contribution in [0.25, 0.3) is 0 Å². The zero-order valence-corrected chi connectivity index (χ0v) is 14.4. The minimum Gasteiger partial charge on any atom is -0.508 e. The van der Waals surface area contributed by atoms with Gasteiger partial charge in [0, 0.05) is 37.1 Å². The number of likely N-dealkylation sites (tertiary alicyclic amines) is 1. The fourth-order valence-corrected chi connectivity index (χ4v) is 3.47. The predicted octanol–water partition coefficient (Wildman–Crippen LogP) is 2.65. The lowest BCUT2D eigenvalue weighted by molar-refractivity contribution is -0.127. The van der Waals surface area contributed by atoms with E-state index in [1.807, 2.05) is 30.3 Å². The zero-order valence-electron chi connectivity index (χ0n) is 14.4. The summed E-state index contributed by atoms with van der Waals surface area (Å²) >= 11 is 0. The van der Waals surface area contributed by atoms with Crippen molar-refractivity contribution in [3.63, 3.8) is 0 Å². The molecule has 1 fully saturated rings. The molecule has 1 heterocycles. The Hall–Kier alpha value is -2.82. The minimum absolute atomic E-state index is 0.0152. The Bertz CT molecular complexity index is 789. The van der Waals surface area contributed by atoms with Crippen molar-refractivity contribution in [3.05, 3.63) is 65.2 Å². The SMILES string of the molecule is Cc1c(O)cccc1C(=O)NCC1CC(=O)N(C)C1c1ccccc1. The summed E-state index contributed by atoms with van der Waals surface area (Å²) in [5.74, 6) is -0.0316. The molecule has 0 saturated carbocycles. The van der Waals surface area contributed by atoms with Crippen LogP contribution in [0.1, 0.15) is 33.9 Å². The summed E-state index contributed by atoms with van der Waals surface area (Å²) in [6, 6.07) is 14.7. The van der Waals surface area contributed by atoms with E-state index < -0.39 is 0 Å². The molecule has 2 aromatic rings. The highest BCUT2D eigenvalue weighted by atomic mass is 16.3. The normalized spacial score (nSPS) is 19.9. The number of rotatable bonds is 4. The number of phenolic OH excluding ortho intramolecular Hbond substituents is 1. The highest BCUT2D eigenvalue weighted by Crippen LogP contribution is 2.36. The number of benzene rings is 2. The van der Waals surface area contributed by atoms with Gasteiger partial charge in [-0.15, -0.1) is 0 Å². The molecule has 1 aliphatic rings. The molecule has 5 heteroatoms. The molecular formula is C20H22N2O3. The molecular weight excluding hydrogens is 316 g/mol. The summed E-state index contributed by atoms with van der Waals surface area (Å²) in [6.45, 7) is 2.12. The van der Waals surface area contributed by atoms with E-state index >= 15 is 0 Å². The fourth-order valence-electron chi connectivity index (χ4n) is 3.47. The molecule has 0 aliphatic carbocycles. The van der Waals surface area contributed by atoms with Gasteiger partial charge in [0.15, 0.2) is 0 Å². The first-order valence-corrected chi connectivity index (χ1v) is 8.36. The summed E-state index contributed by atoms with van der Waals surface area (Å²) in [6.07, 6.45) is 0.412. The van der Waals surface area contributed by atoms with Gasteiger partial charge in [0.05, 0.1) is 6.04 Å². The average Bonchev–Trinajstić information content (AvgIpc) is 2.90. The number of carbonyl (C=O) groups excluding carboxylic acids is 2. The molecule has 0 radical (unpaired) electrons. The van der Waals surface area contributed by atoms with Gasteiger partial charge in [-0.05, 0) is 24.6 Å². The van der Waals surface area contributed by atoms with E-state index in [9.17, 15) is 14.7 Å². The van der Waals surface area contributed by atoms with Crippen molar-refractivity contribution in [1.29, 1.82) is 0 Å². The Kier molecular flexibility index (Phi) is 4.74. The third kappa shape index (κ3) is 3.36. The summed E-state index contributed by atoms with van der Waals surface area (Å²) < 4.78 is 0. The van der Waals surface area contributed by atoms with Crippen LogP contribution in [-0.4, -0.2) is 35.4 Å². The number of amides is 2. The number of hydrogen-bond acceptors (Lipinski definition) is 3. The monoisotopic (exact) mass is 338 g/mol. The molecule has 0 spiro atoms. The van der Waals surface area contributed by atoms with E-state index in [2.05, 4.69) is 5.32 Å². The van der Waals surface area contributed by atoms with Gasteiger partial charge in [-0.25, -0.2) is 0 Å². The molecule has 2 N–H and O–H groups in total. The Balaban J connectivity index is 1.74. The standard InChI is InChI=1S/C20H22N2O3/c1-13-16(9-6-10-17(13)23)20(25)21-12-15-11-18(24)22(2)19(15)14-7-4-3-5-8-14/h3-10,15,19,23H,11-12H2,1-2H3,(H,21,25). The van der Waals surface area contributed by atoms with E-state index in [-0.39, 0.29) is 29.5 Å². The maximum atomic E-state index is 12.5. The van der Waals surface area contributed by atoms with E-state index in [1.165, 1.54) is 0 Å². The highest BCUT2D eigenvalue weighted by Gasteiger charge is 2.38. The van der Waals surface area contributed by atoms with Crippen LogP contribution in [0.2, 0.25) is 0 Å². The molecule has 2 unspecified atom stereocenters. The lowest BCUT2D eigenvalue weighted by Crippen LogP contribution is -2.32. The van der Waals surface area contributed by atoms with Crippen LogP contribution in [0, 0.1) is 12.8 Å². The van der Waals surface area contributed by atoms with E-state index in [1.54, 1.807) is 37.1 Å². The van der Waals surface area contributed by atoms with Gasteiger partial charge in [0.25, 0.3) is 5.91 Å².